The molecule has 504 valence electrons. The van der Waals surface area contributed by atoms with Crippen LogP contribution < -0.4 is 34.5 Å². The third-order valence-electron chi connectivity index (χ3n) is 15.4. The third-order valence-corrected chi connectivity index (χ3v) is 16.0. The van der Waals surface area contributed by atoms with Gasteiger partial charge in [0.2, 0.25) is 40.7 Å². The number of aliphatic hydroxyl groups is 6. The summed E-state index contributed by atoms with van der Waals surface area (Å²) in [5, 5.41) is 123. The van der Waals surface area contributed by atoms with Gasteiger partial charge in [0.25, 0.3) is 0 Å². The Balaban J connectivity index is 0.000000217. The lowest BCUT2D eigenvalue weighted by Crippen LogP contribution is -2.58. The topological polar surface area (TPSA) is 368 Å². The monoisotopic (exact) mass is 1380 g/mol. The number of aromatic hydroxyl groups is 6. The predicted molar refractivity (Wildman–Crippen MR) is 355 cm³/mol. The van der Waals surface area contributed by atoms with E-state index in [1.807, 2.05) is 109 Å². The van der Waals surface area contributed by atoms with Crippen LogP contribution in [0.3, 0.4) is 0 Å². The van der Waals surface area contributed by atoms with Crippen molar-refractivity contribution in [2.45, 2.75) is 115 Å². The molecule has 8 aromatic carbocycles. The maximum atomic E-state index is 14.3. The van der Waals surface area contributed by atoms with E-state index >= 15 is 0 Å². The van der Waals surface area contributed by atoms with Gasteiger partial charge in [0.1, 0.15) is 95.6 Å². The second kappa shape index (κ2) is 31.1. The van der Waals surface area contributed by atoms with Crippen molar-refractivity contribution in [1.29, 1.82) is 0 Å². The number of benzene rings is 8. The molecular formula is C72H71BrO23. The number of phenolic OH excluding ortho intramolecular Hbond substituents is 6. The maximum Gasteiger partial charge on any atom is 0.239 e. The lowest BCUT2D eigenvalue weighted by atomic mass is 10.00. The molecule has 4 heterocycles. The lowest BCUT2D eigenvalue weighted by molar-refractivity contribution is -0.268. The molecule has 10 atom stereocenters. The molecule has 2 saturated heterocycles. The molecule has 2 aromatic heterocycles. The van der Waals surface area contributed by atoms with Gasteiger partial charge < -0.3 is 103 Å². The van der Waals surface area contributed by atoms with Gasteiger partial charge in [-0.15, -0.1) is 0 Å². The Kier molecular flexibility index (Phi) is 22.9. The van der Waals surface area contributed by atoms with Gasteiger partial charge in [0, 0.05) is 28.6 Å². The smallest absolute Gasteiger partial charge is 0.239 e. The Morgan fingerprint density at radius 2 is 0.802 bits per heavy atom. The molecule has 12 N–H and O–H groups in total. The summed E-state index contributed by atoms with van der Waals surface area (Å²) in [6.45, 7) is 5.13. The number of rotatable bonds is 16. The zero-order valence-electron chi connectivity index (χ0n) is 51.0. The zero-order valence-corrected chi connectivity index (χ0v) is 52.6. The molecule has 0 amide bonds. The third kappa shape index (κ3) is 15.9. The molecule has 12 rings (SSSR count). The fraction of sp³-hybridized carbons (Fsp3) is 0.250. The van der Waals surface area contributed by atoms with Crippen LogP contribution in [0.5, 0.6) is 63.2 Å². The van der Waals surface area contributed by atoms with Crippen LogP contribution in [0.25, 0.3) is 44.6 Å². The molecular weight excluding hydrogens is 1310 g/mol. The average molecular weight is 1380 g/mol. The minimum Gasteiger partial charge on any atom is -0.508 e. The lowest BCUT2D eigenvalue weighted by Gasteiger charge is -2.38. The first-order chi connectivity index (χ1) is 45.6. The van der Waals surface area contributed by atoms with E-state index in [1.54, 1.807) is 25.1 Å². The van der Waals surface area contributed by atoms with Gasteiger partial charge in [0.05, 0.1) is 12.2 Å². The van der Waals surface area contributed by atoms with Crippen LogP contribution in [0, 0.1) is 6.92 Å². The summed E-state index contributed by atoms with van der Waals surface area (Å²) in [4.78, 5) is 27.5. The Morgan fingerprint density at radius 1 is 0.427 bits per heavy atom. The van der Waals surface area contributed by atoms with Crippen molar-refractivity contribution in [3.8, 4) is 85.9 Å². The summed E-state index contributed by atoms with van der Waals surface area (Å²) in [6.07, 6.45) is -14.9. The van der Waals surface area contributed by atoms with Crippen molar-refractivity contribution in [3.05, 3.63) is 218 Å². The summed E-state index contributed by atoms with van der Waals surface area (Å²) in [6, 6.07) is 49.1. The number of ether oxygens (including phenoxy) is 7. The standard InChI is InChI=1S/C43H40O11.C21H20O12.C7H7Br.CH4/c1-25-18-31(44)35-32(19-25)53-40(42(37(35)46)54-43-39(48)38(47)36(45)26(2)52-43)30-20-33(49-22-27-12-6-3-7-13-27)41(51-24-29-16-10-5-11-17-29)34(21-30)50-23-28-14-8-4-9-15-28;1-6-14(26)17(29)18(30)21(31-6)33-20-16(28)13-9(23)4-8(22)5-12(13)32-19(20)7-2-10(24)15(27)11(25)3-7;8-6-7-4-2-1-3-5-7;/h3-21,26,36,38-39,43-45,47-48H,22-24H2,1-2H3;2-6,14,17-18,21-27,29-30H,1H3;1-5H,6H2;1H4/t26-,36-,38+,39+,43-;6-,14-,17+,18+,21-;;/m00../s1. The van der Waals surface area contributed by atoms with Gasteiger partial charge in [-0.1, -0.05) is 145 Å². The maximum absolute atomic E-state index is 14.3. The fourth-order valence-corrected chi connectivity index (χ4v) is 10.7. The molecule has 2 aliphatic heterocycles. The molecule has 23 nitrogen and oxygen atoms in total. The van der Waals surface area contributed by atoms with E-state index in [4.69, 9.17) is 42.0 Å². The zero-order chi connectivity index (χ0) is 67.8. The van der Waals surface area contributed by atoms with Gasteiger partial charge in [0.15, 0.2) is 40.3 Å². The largest absolute Gasteiger partial charge is 0.508 e. The molecule has 0 saturated carbocycles. The molecule has 2 fully saturated rings. The highest BCUT2D eigenvalue weighted by Crippen LogP contribution is 2.47. The van der Waals surface area contributed by atoms with Gasteiger partial charge in [-0.05, 0) is 85.0 Å². The fourth-order valence-electron chi connectivity index (χ4n) is 10.3. The van der Waals surface area contributed by atoms with Gasteiger partial charge in [-0.2, -0.15) is 0 Å². The number of halogens is 1. The second-order valence-electron chi connectivity index (χ2n) is 22.4. The molecule has 0 radical (unpaired) electrons. The first-order valence-electron chi connectivity index (χ1n) is 29.7. The van der Waals surface area contributed by atoms with E-state index in [9.17, 15) is 70.9 Å². The van der Waals surface area contributed by atoms with Crippen LogP contribution in [0.1, 0.15) is 49.1 Å². The van der Waals surface area contributed by atoms with Crippen molar-refractivity contribution in [2.75, 3.05) is 0 Å². The molecule has 0 unspecified atom stereocenters. The van der Waals surface area contributed by atoms with Crippen LogP contribution in [0.15, 0.2) is 188 Å². The molecule has 0 aliphatic carbocycles. The average Bonchev–Trinajstić information content (AvgIpc) is 0.767. The minimum atomic E-state index is -1.80. The Morgan fingerprint density at radius 3 is 1.21 bits per heavy atom. The SMILES string of the molecule is BrCc1ccccc1.C.C[C@@H]1O[C@@H](Oc2c(-c3cc(O)c(O)c(O)c3)oc3cc(O)cc(O)c3c2=O)[C@H](O)[C@H](O)[C@H]1O.Cc1cc(O)c2c(=O)c(O[C@@H]3O[C@@H](C)[C@H](O)[C@@H](O)[C@H]3O)c(-c3cc(OCc4ccccc4)c(OCc4ccccc4)c(OCc4ccccc4)c3)oc2c1. The van der Waals surface area contributed by atoms with E-state index in [0.29, 0.717) is 11.3 Å². The molecule has 10 aromatic rings. The van der Waals surface area contributed by atoms with E-state index in [0.717, 1.165) is 46.3 Å². The highest BCUT2D eigenvalue weighted by molar-refractivity contribution is 9.08. The summed E-state index contributed by atoms with van der Waals surface area (Å²) >= 11 is 3.36. The number of aryl methyl sites for hydroxylation is 1. The first kappa shape index (κ1) is 70.5. The van der Waals surface area contributed by atoms with Gasteiger partial charge in [-0.3, -0.25) is 9.59 Å². The van der Waals surface area contributed by atoms with Crippen molar-refractivity contribution in [2.24, 2.45) is 0 Å². The summed E-state index contributed by atoms with van der Waals surface area (Å²) in [7, 11) is 0. The summed E-state index contributed by atoms with van der Waals surface area (Å²) < 4.78 is 54.0. The Hall–Kier alpha value is -9.86. The van der Waals surface area contributed by atoms with Gasteiger partial charge in [-0.25, -0.2) is 0 Å². The van der Waals surface area contributed by atoms with Crippen LogP contribution >= 0.6 is 15.9 Å². The van der Waals surface area contributed by atoms with Crippen LogP contribution in [0.4, 0.5) is 0 Å². The van der Waals surface area contributed by atoms with Crippen LogP contribution in [0.2, 0.25) is 0 Å². The van der Waals surface area contributed by atoms with Crippen molar-refractivity contribution >= 4 is 37.9 Å². The molecule has 96 heavy (non-hydrogen) atoms. The number of alkyl halides is 1. The molecule has 0 bridgehead atoms. The molecule has 0 spiro atoms. The normalized spacial score (nSPS) is 20.5. The highest BCUT2D eigenvalue weighted by Gasteiger charge is 2.45. The molecule has 24 heteroatoms. The number of hydrogen-bond acceptors (Lipinski definition) is 23. The summed E-state index contributed by atoms with van der Waals surface area (Å²) in [5.74, 6) is -4.61. The number of fused-ring (bicyclic) bond motifs is 2. The quantitative estimate of drug-likeness (QED) is 0.0316. The number of aliphatic hydroxyl groups excluding tert-OH is 6. The predicted octanol–water partition coefficient (Wildman–Crippen LogP) is 9.83. The van der Waals surface area contributed by atoms with Crippen LogP contribution in [-0.2, 0) is 34.6 Å². The Labute approximate surface area is 557 Å². The van der Waals surface area contributed by atoms with E-state index in [1.165, 1.54) is 25.5 Å². The van der Waals surface area contributed by atoms with E-state index in [2.05, 4.69) is 28.1 Å². The number of phenols is 6. The Bertz CT molecular complexity index is 4310. The van der Waals surface area contributed by atoms with E-state index < -0.39 is 124 Å². The van der Waals surface area contributed by atoms with Crippen LogP contribution in [-0.4, -0.2) is 123 Å². The molecule has 2 aliphatic rings. The highest BCUT2D eigenvalue weighted by atomic mass is 79.9. The number of hydrogen-bond donors (Lipinski definition) is 12. The van der Waals surface area contributed by atoms with Crippen molar-refractivity contribution in [1.82, 2.24) is 0 Å². The second-order valence-corrected chi connectivity index (χ2v) is 22.9. The van der Waals surface area contributed by atoms with E-state index in [-0.39, 0.29) is 77.9 Å². The van der Waals surface area contributed by atoms with Crippen molar-refractivity contribution in [3.63, 3.8) is 0 Å². The first-order valence-corrected chi connectivity index (χ1v) is 30.8. The van der Waals surface area contributed by atoms with Gasteiger partial charge >= 0.3 is 0 Å². The van der Waals surface area contributed by atoms with Crippen molar-refractivity contribution < 1.29 is 103 Å². The minimum absolute atomic E-state index is 0. The summed E-state index contributed by atoms with van der Waals surface area (Å²) in [5.41, 5.74) is 2.75.